The van der Waals surface area contributed by atoms with E-state index in [1.165, 1.54) is 11.8 Å². The van der Waals surface area contributed by atoms with Crippen LogP contribution in [0.25, 0.3) is 11.4 Å². The van der Waals surface area contributed by atoms with E-state index in [1.54, 1.807) is 0 Å². The lowest BCUT2D eigenvalue weighted by Crippen LogP contribution is -2.41. The monoisotopic (exact) mass is 338 g/mol. The standard InChI is InChI=1S/C15H19ClN4OS/c1-15(2,3)17-12(21)9-22-14-19-18-13(20(14)4)10-5-7-11(16)8-6-10/h5-8H,9H2,1-4H3,(H,17,21). The average molecular weight is 339 g/mol. The van der Waals surface area contributed by atoms with Gasteiger partial charge in [0.2, 0.25) is 5.91 Å². The molecule has 1 aromatic carbocycles. The number of hydrogen-bond donors (Lipinski definition) is 1. The van der Waals surface area contributed by atoms with Crippen LogP contribution in [-0.4, -0.2) is 32.0 Å². The summed E-state index contributed by atoms with van der Waals surface area (Å²) in [5, 5.41) is 12.6. The molecule has 0 aliphatic rings. The average Bonchev–Trinajstić information content (AvgIpc) is 2.77. The summed E-state index contributed by atoms with van der Waals surface area (Å²) >= 11 is 7.26. The SMILES string of the molecule is Cn1c(SCC(=O)NC(C)(C)C)nnc1-c1ccc(Cl)cc1. The van der Waals surface area contributed by atoms with Crippen LogP contribution in [-0.2, 0) is 11.8 Å². The fraction of sp³-hybridized carbons (Fsp3) is 0.400. The van der Waals surface area contributed by atoms with E-state index in [4.69, 9.17) is 11.6 Å². The van der Waals surface area contributed by atoms with Gasteiger partial charge in [-0.25, -0.2) is 0 Å². The number of halogens is 1. The van der Waals surface area contributed by atoms with Gasteiger partial charge in [-0.1, -0.05) is 23.4 Å². The Hall–Kier alpha value is -1.53. The van der Waals surface area contributed by atoms with E-state index in [0.29, 0.717) is 15.9 Å². The van der Waals surface area contributed by atoms with Gasteiger partial charge in [0, 0.05) is 23.2 Å². The summed E-state index contributed by atoms with van der Waals surface area (Å²) in [6.07, 6.45) is 0. The maximum atomic E-state index is 11.9. The summed E-state index contributed by atoms with van der Waals surface area (Å²) in [5.74, 6) is 1.04. The molecule has 1 N–H and O–H groups in total. The van der Waals surface area contributed by atoms with Gasteiger partial charge in [0.05, 0.1) is 5.75 Å². The predicted molar refractivity (Wildman–Crippen MR) is 90.1 cm³/mol. The van der Waals surface area contributed by atoms with E-state index in [2.05, 4.69) is 15.5 Å². The quantitative estimate of drug-likeness (QED) is 0.870. The van der Waals surface area contributed by atoms with Crippen molar-refractivity contribution < 1.29 is 4.79 Å². The Balaban J connectivity index is 2.05. The molecule has 7 heteroatoms. The fourth-order valence-electron chi connectivity index (χ4n) is 1.88. The molecule has 0 aliphatic heterocycles. The summed E-state index contributed by atoms with van der Waals surface area (Å²) < 4.78 is 1.87. The Morgan fingerprint density at radius 3 is 2.50 bits per heavy atom. The molecular weight excluding hydrogens is 320 g/mol. The molecule has 2 aromatic rings. The fourth-order valence-corrected chi connectivity index (χ4v) is 2.71. The normalized spacial score (nSPS) is 11.5. The number of benzene rings is 1. The number of hydrogen-bond acceptors (Lipinski definition) is 4. The van der Waals surface area contributed by atoms with Crippen LogP contribution < -0.4 is 5.32 Å². The Morgan fingerprint density at radius 1 is 1.27 bits per heavy atom. The molecule has 0 radical (unpaired) electrons. The lowest BCUT2D eigenvalue weighted by Gasteiger charge is -2.20. The summed E-state index contributed by atoms with van der Waals surface area (Å²) in [5.41, 5.74) is 0.705. The second-order valence-electron chi connectivity index (χ2n) is 5.96. The van der Waals surface area contributed by atoms with E-state index in [-0.39, 0.29) is 11.4 Å². The largest absolute Gasteiger partial charge is 0.351 e. The van der Waals surface area contributed by atoms with Gasteiger partial charge in [-0.3, -0.25) is 4.79 Å². The number of nitrogens with one attached hydrogen (secondary N) is 1. The van der Waals surface area contributed by atoms with Crippen molar-refractivity contribution in [3.05, 3.63) is 29.3 Å². The van der Waals surface area contributed by atoms with Crippen molar-refractivity contribution in [3.63, 3.8) is 0 Å². The van der Waals surface area contributed by atoms with Crippen LogP contribution in [0.2, 0.25) is 5.02 Å². The van der Waals surface area contributed by atoms with Gasteiger partial charge in [-0.05, 0) is 45.0 Å². The zero-order valence-electron chi connectivity index (χ0n) is 13.1. The van der Waals surface area contributed by atoms with Gasteiger partial charge in [0.25, 0.3) is 0 Å². The molecule has 22 heavy (non-hydrogen) atoms. The Bertz CT molecular complexity index is 661. The summed E-state index contributed by atoms with van der Waals surface area (Å²) in [7, 11) is 1.88. The van der Waals surface area contributed by atoms with Crippen LogP contribution in [0, 0.1) is 0 Å². The minimum absolute atomic E-state index is 0.0199. The molecule has 5 nitrogen and oxygen atoms in total. The molecule has 0 saturated carbocycles. The van der Waals surface area contributed by atoms with E-state index < -0.39 is 0 Å². The van der Waals surface area contributed by atoms with Crippen molar-refractivity contribution in [2.45, 2.75) is 31.5 Å². The minimum Gasteiger partial charge on any atom is -0.351 e. The lowest BCUT2D eigenvalue weighted by atomic mass is 10.1. The van der Waals surface area contributed by atoms with Gasteiger partial charge < -0.3 is 9.88 Å². The van der Waals surface area contributed by atoms with Crippen LogP contribution in [0.5, 0.6) is 0 Å². The van der Waals surface area contributed by atoms with Crippen molar-refractivity contribution in [3.8, 4) is 11.4 Å². The highest BCUT2D eigenvalue weighted by Crippen LogP contribution is 2.23. The van der Waals surface area contributed by atoms with Crippen LogP contribution in [0.4, 0.5) is 0 Å². The molecule has 2 rings (SSSR count). The number of thioether (sulfide) groups is 1. The number of amides is 1. The summed E-state index contributed by atoms with van der Waals surface area (Å²) in [4.78, 5) is 11.9. The molecule has 0 spiro atoms. The van der Waals surface area contributed by atoms with Gasteiger partial charge in [-0.15, -0.1) is 10.2 Å². The highest BCUT2D eigenvalue weighted by Gasteiger charge is 2.16. The first-order valence-corrected chi connectivity index (χ1v) is 8.22. The zero-order chi connectivity index (χ0) is 16.3. The smallest absolute Gasteiger partial charge is 0.230 e. The summed E-state index contributed by atoms with van der Waals surface area (Å²) in [6.45, 7) is 5.86. The molecule has 1 aromatic heterocycles. The second-order valence-corrected chi connectivity index (χ2v) is 7.34. The molecule has 0 fully saturated rings. The van der Waals surface area contributed by atoms with Gasteiger partial charge in [0.1, 0.15) is 0 Å². The third kappa shape index (κ3) is 4.48. The number of carbonyl (C=O) groups is 1. The highest BCUT2D eigenvalue weighted by atomic mass is 35.5. The first-order chi connectivity index (χ1) is 10.3. The van der Waals surface area contributed by atoms with Crippen molar-refractivity contribution in [2.24, 2.45) is 7.05 Å². The summed E-state index contributed by atoms with van der Waals surface area (Å²) in [6, 6.07) is 7.42. The third-order valence-electron chi connectivity index (χ3n) is 2.78. The van der Waals surface area contributed by atoms with Crippen LogP contribution in [0.3, 0.4) is 0 Å². The Morgan fingerprint density at radius 2 is 1.91 bits per heavy atom. The molecule has 0 bridgehead atoms. The van der Waals surface area contributed by atoms with Crippen LogP contribution >= 0.6 is 23.4 Å². The predicted octanol–water partition coefficient (Wildman–Crippen LogP) is 3.14. The van der Waals surface area contributed by atoms with Gasteiger partial charge in [0.15, 0.2) is 11.0 Å². The Labute approximate surface area is 139 Å². The Kier molecular flexibility index (Phi) is 5.13. The van der Waals surface area contributed by atoms with Crippen molar-refractivity contribution in [2.75, 3.05) is 5.75 Å². The van der Waals surface area contributed by atoms with Crippen molar-refractivity contribution >= 4 is 29.3 Å². The lowest BCUT2D eigenvalue weighted by molar-refractivity contribution is -0.119. The molecule has 118 valence electrons. The first kappa shape index (κ1) is 16.8. The molecule has 0 aliphatic carbocycles. The number of rotatable bonds is 4. The van der Waals surface area contributed by atoms with E-state index in [0.717, 1.165) is 11.4 Å². The maximum absolute atomic E-state index is 11.9. The number of nitrogens with zero attached hydrogens (tertiary/aromatic N) is 3. The number of carbonyl (C=O) groups excluding carboxylic acids is 1. The molecule has 0 atom stereocenters. The molecule has 0 saturated heterocycles. The highest BCUT2D eigenvalue weighted by molar-refractivity contribution is 7.99. The van der Waals surface area contributed by atoms with Crippen molar-refractivity contribution in [1.29, 1.82) is 0 Å². The molecule has 1 heterocycles. The zero-order valence-corrected chi connectivity index (χ0v) is 14.6. The molecule has 1 amide bonds. The van der Waals surface area contributed by atoms with E-state index >= 15 is 0 Å². The first-order valence-electron chi connectivity index (χ1n) is 6.85. The van der Waals surface area contributed by atoms with Crippen molar-refractivity contribution in [1.82, 2.24) is 20.1 Å². The third-order valence-corrected chi connectivity index (χ3v) is 4.06. The van der Waals surface area contributed by atoms with Gasteiger partial charge >= 0.3 is 0 Å². The molecule has 0 unspecified atom stereocenters. The topological polar surface area (TPSA) is 59.8 Å². The van der Waals surface area contributed by atoms with Crippen LogP contribution in [0.15, 0.2) is 29.4 Å². The van der Waals surface area contributed by atoms with E-state index in [9.17, 15) is 4.79 Å². The van der Waals surface area contributed by atoms with Crippen LogP contribution in [0.1, 0.15) is 20.8 Å². The molecular formula is C15H19ClN4OS. The van der Waals surface area contributed by atoms with E-state index in [1.807, 2.05) is 56.7 Å². The minimum atomic E-state index is -0.230. The number of aromatic nitrogens is 3. The maximum Gasteiger partial charge on any atom is 0.230 e. The second kappa shape index (κ2) is 6.71. The van der Waals surface area contributed by atoms with Gasteiger partial charge in [-0.2, -0.15) is 0 Å².